The van der Waals surface area contributed by atoms with Gasteiger partial charge in [0.05, 0.1) is 32.6 Å². The molecule has 0 saturated heterocycles. The second-order valence-corrected chi connectivity index (χ2v) is 8.08. The summed E-state index contributed by atoms with van der Waals surface area (Å²) in [7, 11) is 4.27. The summed E-state index contributed by atoms with van der Waals surface area (Å²) >= 11 is 0. The van der Waals surface area contributed by atoms with Gasteiger partial charge in [0, 0.05) is 36.6 Å². The smallest absolute Gasteiger partial charge is 0.343 e. The van der Waals surface area contributed by atoms with Crippen molar-refractivity contribution >= 4 is 23.2 Å². The van der Waals surface area contributed by atoms with Crippen LogP contribution in [0.4, 0.5) is 11.4 Å². The molecule has 11 nitrogen and oxygen atoms in total. The van der Waals surface area contributed by atoms with Crippen LogP contribution in [-0.2, 0) is 9.59 Å². The van der Waals surface area contributed by atoms with E-state index in [9.17, 15) is 24.6 Å². The number of carbonyl (C=O) groups excluding carboxylic acids is 2. The number of nitrogens with one attached hydrogen (secondary N) is 2. The summed E-state index contributed by atoms with van der Waals surface area (Å²) in [6, 6.07) is 8.63. The monoisotopic (exact) mass is 512 g/mol. The molecular weight excluding hydrogens is 484 g/mol. The minimum absolute atomic E-state index is 0.111. The van der Waals surface area contributed by atoms with Crippen molar-refractivity contribution in [2.24, 2.45) is 0 Å². The summed E-state index contributed by atoms with van der Waals surface area (Å²) in [5, 5.41) is 25.8. The van der Waals surface area contributed by atoms with Crippen LogP contribution in [0.2, 0.25) is 0 Å². The van der Waals surface area contributed by atoms with Crippen LogP contribution in [-0.4, -0.2) is 43.4 Å². The zero-order valence-corrected chi connectivity index (χ0v) is 21.0. The van der Waals surface area contributed by atoms with Gasteiger partial charge in [0.2, 0.25) is 17.6 Å². The van der Waals surface area contributed by atoms with E-state index in [1.54, 1.807) is 12.1 Å². The summed E-state index contributed by atoms with van der Waals surface area (Å²) in [5.41, 5.74) is -0.197. The number of methoxy groups -OCH3 is 3. The molecule has 0 radical (unpaired) electrons. The summed E-state index contributed by atoms with van der Waals surface area (Å²) < 4.78 is 21.6. The summed E-state index contributed by atoms with van der Waals surface area (Å²) in [6.07, 6.45) is -0.316. The van der Waals surface area contributed by atoms with Crippen molar-refractivity contribution in [1.29, 1.82) is 0 Å². The van der Waals surface area contributed by atoms with Crippen molar-refractivity contribution in [3.8, 4) is 28.7 Å². The fraction of sp³-hybridized carbons (Fsp3) is 0.269. The first-order valence-corrected chi connectivity index (χ1v) is 11.1. The number of aryl methyl sites for hydroxylation is 1. The minimum atomic E-state index is -1.02. The summed E-state index contributed by atoms with van der Waals surface area (Å²) in [4.78, 5) is 37.4. The predicted octanol–water partition coefficient (Wildman–Crippen LogP) is 3.50. The van der Waals surface area contributed by atoms with E-state index in [2.05, 4.69) is 10.6 Å². The van der Waals surface area contributed by atoms with E-state index >= 15 is 0 Å². The molecule has 0 spiro atoms. The number of hydrogen-bond donors (Lipinski definition) is 4. The molecule has 196 valence electrons. The van der Waals surface area contributed by atoms with E-state index < -0.39 is 23.4 Å². The average molecular weight is 513 g/mol. The van der Waals surface area contributed by atoms with Crippen LogP contribution in [0.25, 0.3) is 0 Å². The maximum Gasteiger partial charge on any atom is 0.343 e. The largest absolute Gasteiger partial charge is 0.507 e. The first-order valence-electron chi connectivity index (χ1n) is 11.1. The molecule has 0 saturated carbocycles. The number of rotatable bonds is 9. The number of aromatic hydroxyl groups is 2. The molecule has 2 amide bonds. The molecule has 3 rings (SSSR count). The van der Waals surface area contributed by atoms with Crippen molar-refractivity contribution in [2.45, 2.75) is 26.2 Å². The molecule has 0 aliphatic heterocycles. The van der Waals surface area contributed by atoms with Crippen LogP contribution in [0.15, 0.2) is 45.6 Å². The molecule has 0 fully saturated rings. The van der Waals surface area contributed by atoms with Gasteiger partial charge >= 0.3 is 5.63 Å². The van der Waals surface area contributed by atoms with Crippen molar-refractivity contribution < 1.29 is 38.4 Å². The van der Waals surface area contributed by atoms with E-state index in [1.807, 2.05) is 0 Å². The van der Waals surface area contributed by atoms with Gasteiger partial charge in [-0.2, -0.15) is 0 Å². The maximum absolute atomic E-state index is 13.2. The van der Waals surface area contributed by atoms with Gasteiger partial charge in [-0.25, -0.2) is 4.79 Å². The third-order valence-electron chi connectivity index (χ3n) is 5.53. The third kappa shape index (κ3) is 5.95. The average Bonchev–Trinajstić information content (AvgIpc) is 2.83. The normalized spacial score (nSPS) is 11.4. The van der Waals surface area contributed by atoms with Crippen molar-refractivity contribution in [3.63, 3.8) is 0 Å². The SMILES string of the molecule is COc1ccc([C@H](CC(=O)Nc2ccc(O)c(NC(C)=O)c2)c2c(O)cc(C)oc2=O)c(OC)c1OC. The van der Waals surface area contributed by atoms with Crippen LogP contribution < -0.4 is 30.5 Å². The first kappa shape index (κ1) is 26.9. The summed E-state index contributed by atoms with van der Waals surface area (Å²) in [5.74, 6) is -1.48. The minimum Gasteiger partial charge on any atom is -0.507 e. The Hall–Kier alpha value is -4.67. The Morgan fingerprint density at radius 2 is 1.65 bits per heavy atom. The van der Waals surface area contributed by atoms with Crippen molar-refractivity contribution in [3.05, 3.63) is 63.7 Å². The highest BCUT2D eigenvalue weighted by atomic mass is 16.5. The number of carbonyl (C=O) groups is 2. The number of phenolic OH excluding ortho intramolecular Hbond substituents is 1. The Kier molecular flexibility index (Phi) is 8.28. The Bertz CT molecular complexity index is 1380. The van der Waals surface area contributed by atoms with E-state index in [4.69, 9.17) is 18.6 Å². The lowest BCUT2D eigenvalue weighted by molar-refractivity contribution is -0.116. The van der Waals surface area contributed by atoms with E-state index in [1.165, 1.54) is 59.4 Å². The molecule has 37 heavy (non-hydrogen) atoms. The first-order chi connectivity index (χ1) is 17.6. The fourth-order valence-electron chi connectivity index (χ4n) is 3.99. The molecular formula is C26H28N2O9. The second-order valence-electron chi connectivity index (χ2n) is 8.08. The van der Waals surface area contributed by atoms with Gasteiger partial charge < -0.3 is 39.5 Å². The van der Waals surface area contributed by atoms with Gasteiger partial charge in [-0.1, -0.05) is 6.07 Å². The van der Waals surface area contributed by atoms with Gasteiger partial charge in [0.15, 0.2) is 11.5 Å². The Morgan fingerprint density at radius 3 is 2.24 bits per heavy atom. The number of amides is 2. The van der Waals surface area contributed by atoms with Crippen LogP contribution in [0.1, 0.15) is 36.1 Å². The lowest BCUT2D eigenvalue weighted by atomic mass is 9.87. The summed E-state index contributed by atoms with van der Waals surface area (Å²) in [6.45, 7) is 2.80. The molecule has 1 atom stereocenters. The van der Waals surface area contributed by atoms with Gasteiger partial charge in [0.1, 0.15) is 17.3 Å². The molecule has 0 unspecified atom stereocenters. The number of ether oxygens (including phenoxy) is 3. The molecule has 0 aliphatic carbocycles. The Morgan fingerprint density at radius 1 is 0.946 bits per heavy atom. The molecule has 4 N–H and O–H groups in total. The zero-order valence-electron chi connectivity index (χ0n) is 21.0. The highest BCUT2D eigenvalue weighted by Gasteiger charge is 2.30. The molecule has 0 bridgehead atoms. The molecule has 1 heterocycles. The fourth-order valence-corrected chi connectivity index (χ4v) is 3.99. The van der Waals surface area contributed by atoms with E-state index in [0.717, 1.165) is 0 Å². The quantitative estimate of drug-likeness (QED) is 0.249. The standard InChI is InChI=1S/C26H28N2O9/c1-13-10-20(31)23(26(33)37-13)17(16-7-9-21(34-3)25(36-5)24(16)35-4)12-22(32)28-15-6-8-19(30)18(11-15)27-14(2)29/h6-11,17,30-31H,12H2,1-5H3,(H,27,29)(H,28,32)/t17-/m0/s1. The van der Waals surface area contributed by atoms with E-state index in [-0.39, 0.29) is 52.1 Å². The van der Waals surface area contributed by atoms with Crippen LogP contribution in [0, 0.1) is 6.92 Å². The van der Waals surface area contributed by atoms with Crippen LogP contribution >= 0.6 is 0 Å². The Balaban J connectivity index is 2.08. The predicted molar refractivity (Wildman–Crippen MR) is 135 cm³/mol. The molecule has 1 aromatic heterocycles. The van der Waals surface area contributed by atoms with Crippen LogP contribution in [0.5, 0.6) is 28.7 Å². The van der Waals surface area contributed by atoms with Crippen molar-refractivity contribution in [2.75, 3.05) is 32.0 Å². The highest BCUT2D eigenvalue weighted by Crippen LogP contribution is 2.46. The van der Waals surface area contributed by atoms with Crippen molar-refractivity contribution in [1.82, 2.24) is 0 Å². The van der Waals surface area contributed by atoms with Gasteiger partial charge in [0.25, 0.3) is 0 Å². The lowest BCUT2D eigenvalue weighted by Crippen LogP contribution is -2.21. The number of phenols is 1. The molecule has 11 heteroatoms. The zero-order chi connectivity index (χ0) is 27.3. The third-order valence-corrected chi connectivity index (χ3v) is 5.53. The number of anilines is 2. The van der Waals surface area contributed by atoms with Gasteiger partial charge in [-0.05, 0) is 31.2 Å². The number of hydrogen-bond acceptors (Lipinski definition) is 9. The molecule has 3 aromatic rings. The van der Waals surface area contributed by atoms with Gasteiger partial charge in [-0.15, -0.1) is 0 Å². The maximum atomic E-state index is 13.2. The van der Waals surface area contributed by atoms with E-state index in [0.29, 0.717) is 11.3 Å². The highest BCUT2D eigenvalue weighted by molar-refractivity contribution is 5.95. The molecule has 0 aliphatic rings. The Labute approximate surface area is 212 Å². The topological polar surface area (TPSA) is 157 Å². The molecule has 2 aromatic carbocycles. The number of benzene rings is 2. The van der Waals surface area contributed by atoms with Gasteiger partial charge in [-0.3, -0.25) is 9.59 Å². The second kappa shape index (κ2) is 11.4. The lowest BCUT2D eigenvalue weighted by Gasteiger charge is -2.22. The van der Waals surface area contributed by atoms with Crippen LogP contribution in [0.3, 0.4) is 0 Å².